The molecule has 8 heteroatoms. The number of nitrogens with one attached hydrogen (secondary N) is 1. The molecule has 1 spiro atoms. The van der Waals surface area contributed by atoms with Crippen LogP contribution in [0.15, 0.2) is 30.9 Å². The van der Waals surface area contributed by atoms with Crippen LogP contribution >= 0.6 is 0 Å². The molecule has 1 saturated carbocycles. The number of aromatic nitrogens is 3. The van der Waals surface area contributed by atoms with Crippen LogP contribution in [0, 0.1) is 24.0 Å². The zero-order valence-electron chi connectivity index (χ0n) is 17.1. The van der Waals surface area contributed by atoms with Crippen LogP contribution < -0.4 is 0 Å². The van der Waals surface area contributed by atoms with E-state index in [0.717, 1.165) is 42.0 Å². The molecule has 0 bridgehead atoms. The van der Waals surface area contributed by atoms with E-state index in [1.54, 1.807) is 6.07 Å². The normalized spacial score (nSPS) is 19.7. The number of phenols is 1. The van der Waals surface area contributed by atoms with Crippen LogP contribution in [0.25, 0.3) is 22.3 Å². The average molecular weight is 424 g/mol. The third-order valence-electron chi connectivity index (χ3n) is 6.91. The summed E-state index contributed by atoms with van der Waals surface area (Å²) in [5.41, 5.74) is 2.87. The Balaban J connectivity index is 1.53. The molecule has 2 N–H and O–H groups in total. The van der Waals surface area contributed by atoms with Gasteiger partial charge in [-0.25, -0.2) is 8.78 Å². The smallest absolute Gasteiger partial charge is 0.245 e. The summed E-state index contributed by atoms with van der Waals surface area (Å²) < 4.78 is 27.5. The monoisotopic (exact) mass is 424 g/mol. The van der Waals surface area contributed by atoms with Crippen LogP contribution in [-0.4, -0.2) is 44.2 Å². The third kappa shape index (κ3) is 2.92. The number of aromatic amines is 1. The number of carbonyl (C=O) groups is 1. The number of likely N-dealkylation sites (tertiary alicyclic amines) is 1. The number of benzene rings is 1. The van der Waals surface area contributed by atoms with Crippen molar-refractivity contribution in [1.29, 1.82) is 0 Å². The van der Waals surface area contributed by atoms with Gasteiger partial charge in [0, 0.05) is 47.1 Å². The van der Waals surface area contributed by atoms with E-state index in [1.165, 1.54) is 6.08 Å². The molecule has 1 atom stereocenters. The number of carbonyl (C=O) groups excluding carboxylic acids is 1. The van der Waals surface area contributed by atoms with E-state index in [1.807, 2.05) is 11.8 Å². The first kappa shape index (κ1) is 19.7. The number of hydrogen-bond donors (Lipinski definition) is 2. The Morgan fingerprint density at radius 3 is 2.84 bits per heavy atom. The second-order valence-corrected chi connectivity index (χ2v) is 8.64. The standard InChI is InChI=1S/C23H22F2N4O2/c1-3-19(30)29-10-23(11-29)6-4-5-16(23)20-12(2)14-9-18(27-28-22(14)26-20)15-7-13(24)8-17(25)21(15)31/h3,7-9,16,31H,1,4-6,10-11H2,2H3,(H,26,28). The van der Waals surface area contributed by atoms with E-state index in [-0.39, 0.29) is 28.5 Å². The lowest BCUT2D eigenvalue weighted by Gasteiger charge is -2.51. The molecule has 2 fully saturated rings. The fraction of sp³-hybridized carbons (Fsp3) is 0.348. The third-order valence-corrected chi connectivity index (χ3v) is 6.91. The predicted octanol–water partition coefficient (Wildman–Crippen LogP) is 4.20. The molecule has 160 valence electrons. The van der Waals surface area contributed by atoms with Crippen molar-refractivity contribution in [2.45, 2.75) is 32.1 Å². The zero-order chi connectivity index (χ0) is 21.9. The van der Waals surface area contributed by atoms with Gasteiger partial charge in [0.2, 0.25) is 5.91 Å². The summed E-state index contributed by atoms with van der Waals surface area (Å²) in [5.74, 6) is -2.27. The Morgan fingerprint density at radius 2 is 2.10 bits per heavy atom. The summed E-state index contributed by atoms with van der Waals surface area (Å²) in [5, 5.41) is 19.1. The first-order chi connectivity index (χ1) is 14.8. The second kappa shape index (κ2) is 6.87. The summed E-state index contributed by atoms with van der Waals surface area (Å²) in [6.07, 6.45) is 4.51. The Hall–Kier alpha value is -3.29. The average Bonchev–Trinajstić information content (AvgIpc) is 3.30. The maximum atomic E-state index is 13.8. The van der Waals surface area contributed by atoms with E-state index in [9.17, 15) is 18.7 Å². The number of amides is 1. The molecule has 1 aliphatic heterocycles. The highest BCUT2D eigenvalue weighted by atomic mass is 19.1. The minimum atomic E-state index is -1.04. The summed E-state index contributed by atoms with van der Waals surface area (Å²) in [7, 11) is 0. The molecule has 0 radical (unpaired) electrons. The zero-order valence-corrected chi connectivity index (χ0v) is 17.1. The highest BCUT2D eigenvalue weighted by molar-refractivity contribution is 5.88. The van der Waals surface area contributed by atoms with Crippen molar-refractivity contribution >= 4 is 16.9 Å². The number of halogens is 2. The number of phenolic OH excluding ortho intramolecular Hbond substituents is 1. The van der Waals surface area contributed by atoms with E-state index in [2.05, 4.69) is 21.8 Å². The SMILES string of the molecule is C=CC(=O)N1CC2(CCCC2c2[nH]c3nnc(-c4cc(F)cc(F)c4O)cc3c2C)C1. The van der Waals surface area contributed by atoms with Crippen LogP contribution in [0.4, 0.5) is 8.78 Å². The van der Waals surface area contributed by atoms with E-state index in [4.69, 9.17) is 0 Å². The number of nitrogens with zero attached hydrogens (tertiary/aromatic N) is 3. The maximum absolute atomic E-state index is 13.8. The van der Waals surface area contributed by atoms with Gasteiger partial charge in [-0.15, -0.1) is 10.2 Å². The fourth-order valence-corrected chi connectivity index (χ4v) is 5.34. The maximum Gasteiger partial charge on any atom is 0.245 e. The van der Waals surface area contributed by atoms with Gasteiger partial charge in [-0.05, 0) is 43.5 Å². The fourth-order valence-electron chi connectivity index (χ4n) is 5.34. The molecule has 1 aliphatic carbocycles. The van der Waals surface area contributed by atoms with Crippen LogP contribution in [-0.2, 0) is 4.79 Å². The van der Waals surface area contributed by atoms with Crippen LogP contribution in [0.1, 0.15) is 36.4 Å². The number of hydrogen-bond acceptors (Lipinski definition) is 4. The molecule has 3 aromatic rings. The molecular formula is C23H22F2N4O2. The van der Waals surface area contributed by atoms with Crippen molar-refractivity contribution in [3.05, 3.63) is 53.7 Å². The van der Waals surface area contributed by atoms with Gasteiger partial charge in [0.25, 0.3) is 0 Å². The molecular weight excluding hydrogens is 402 g/mol. The molecule has 1 unspecified atom stereocenters. The Bertz CT molecular complexity index is 1230. The van der Waals surface area contributed by atoms with Crippen molar-refractivity contribution in [1.82, 2.24) is 20.1 Å². The van der Waals surface area contributed by atoms with Gasteiger partial charge in [0.1, 0.15) is 5.82 Å². The molecule has 2 aromatic heterocycles. The molecule has 2 aliphatic rings. The summed E-state index contributed by atoms with van der Waals surface area (Å²) >= 11 is 0. The number of aryl methyl sites for hydroxylation is 1. The molecule has 1 saturated heterocycles. The van der Waals surface area contributed by atoms with Gasteiger partial charge in [0.05, 0.1) is 5.69 Å². The number of rotatable bonds is 3. The topological polar surface area (TPSA) is 82.1 Å². The Kier molecular flexibility index (Phi) is 4.35. The second-order valence-electron chi connectivity index (χ2n) is 8.64. The van der Waals surface area contributed by atoms with Crippen molar-refractivity contribution < 1.29 is 18.7 Å². The van der Waals surface area contributed by atoms with Gasteiger partial charge >= 0.3 is 0 Å². The lowest BCUT2D eigenvalue weighted by atomic mass is 9.69. The first-order valence-corrected chi connectivity index (χ1v) is 10.3. The van der Waals surface area contributed by atoms with Crippen molar-refractivity contribution in [2.75, 3.05) is 13.1 Å². The summed E-state index contributed by atoms with van der Waals surface area (Å²) in [4.78, 5) is 17.2. The minimum absolute atomic E-state index is 0.0380. The summed E-state index contributed by atoms with van der Waals surface area (Å²) in [6, 6.07) is 3.37. The molecule has 1 amide bonds. The first-order valence-electron chi connectivity index (χ1n) is 10.3. The van der Waals surface area contributed by atoms with Crippen LogP contribution in [0.2, 0.25) is 0 Å². The van der Waals surface area contributed by atoms with Gasteiger partial charge in [0.15, 0.2) is 17.2 Å². The Morgan fingerprint density at radius 1 is 1.32 bits per heavy atom. The highest BCUT2D eigenvalue weighted by Crippen LogP contribution is 2.55. The van der Waals surface area contributed by atoms with Crippen LogP contribution in [0.3, 0.4) is 0 Å². The van der Waals surface area contributed by atoms with E-state index < -0.39 is 17.4 Å². The number of aromatic hydroxyl groups is 1. The van der Waals surface area contributed by atoms with Crippen molar-refractivity contribution in [3.63, 3.8) is 0 Å². The lowest BCUT2D eigenvalue weighted by molar-refractivity contribution is -0.138. The van der Waals surface area contributed by atoms with Crippen molar-refractivity contribution in [3.8, 4) is 17.0 Å². The van der Waals surface area contributed by atoms with Gasteiger partial charge < -0.3 is 15.0 Å². The lowest BCUT2D eigenvalue weighted by Crippen LogP contribution is -2.59. The predicted molar refractivity (Wildman–Crippen MR) is 111 cm³/mol. The molecule has 31 heavy (non-hydrogen) atoms. The molecule has 3 heterocycles. The van der Waals surface area contributed by atoms with Gasteiger partial charge in [-0.2, -0.15) is 0 Å². The van der Waals surface area contributed by atoms with Crippen LogP contribution in [0.5, 0.6) is 5.75 Å². The number of fused-ring (bicyclic) bond motifs is 1. The van der Waals surface area contributed by atoms with Crippen molar-refractivity contribution in [2.24, 2.45) is 5.41 Å². The summed E-state index contributed by atoms with van der Waals surface area (Å²) in [6.45, 7) is 6.99. The molecule has 5 rings (SSSR count). The van der Waals surface area contributed by atoms with E-state index >= 15 is 0 Å². The number of H-pyrrole nitrogens is 1. The molecule has 1 aromatic carbocycles. The molecule has 6 nitrogen and oxygen atoms in total. The van der Waals surface area contributed by atoms with Gasteiger partial charge in [-0.3, -0.25) is 4.79 Å². The Labute approximate surface area is 177 Å². The minimum Gasteiger partial charge on any atom is -0.504 e. The quantitative estimate of drug-likeness (QED) is 0.618. The highest BCUT2D eigenvalue weighted by Gasteiger charge is 2.53. The van der Waals surface area contributed by atoms with E-state index in [0.29, 0.717) is 24.8 Å². The largest absolute Gasteiger partial charge is 0.504 e. The van der Waals surface area contributed by atoms with Gasteiger partial charge in [-0.1, -0.05) is 13.0 Å².